The Bertz CT molecular complexity index is 1110. The number of benzene rings is 2. The van der Waals surface area contributed by atoms with E-state index in [1.54, 1.807) is 0 Å². The van der Waals surface area contributed by atoms with Crippen molar-refractivity contribution in [1.29, 1.82) is 0 Å². The second kappa shape index (κ2) is 13.9. The fraction of sp³-hybridized carbons (Fsp3) is 0.667. The molecule has 0 N–H and O–H groups in total. The van der Waals surface area contributed by atoms with Crippen molar-refractivity contribution >= 4 is 27.2 Å². The molecule has 0 amide bonds. The first-order valence-corrected chi connectivity index (χ1v) is 20.8. The molecule has 1 saturated carbocycles. The van der Waals surface area contributed by atoms with Gasteiger partial charge in [-0.2, -0.15) is 4.39 Å². The van der Waals surface area contributed by atoms with Gasteiger partial charge in [0, 0.05) is 14.1 Å². The van der Waals surface area contributed by atoms with Gasteiger partial charge in [0.15, 0.2) is 29.0 Å². The Kier molecular flexibility index (Phi) is 11.4. The van der Waals surface area contributed by atoms with Crippen LogP contribution in [0.3, 0.4) is 0 Å². The van der Waals surface area contributed by atoms with Crippen LogP contribution in [0.1, 0.15) is 84.0 Å². The number of hydrogen-bond acceptors (Lipinski definition) is 1. The lowest BCUT2D eigenvalue weighted by Gasteiger charge is -2.42. The van der Waals surface area contributed by atoms with Crippen molar-refractivity contribution in [1.82, 2.24) is 0 Å². The van der Waals surface area contributed by atoms with Crippen LogP contribution >= 0.6 is 0 Å². The van der Waals surface area contributed by atoms with Crippen molar-refractivity contribution in [2.45, 2.75) is 127 Å². The summed E-state index contributed by atoms with van der Waals surface area (Å²) in [7, 11) is -4.55. The molecule has 0 heterocycles. The molecule has 39 heavy (non-hydrogen) atoms. The monoisotopic (exact) mass is 590 g/mol. The average Bonchev–Trinajstić information content (AvgIpc) is 2.89. The molecule has 0 aromatic heterocycles. The maximum Gasteiger partial charge on any atom is 0.254 e. The first-order chi connectivity index (χ1) is 18.4. The van der Waals surface area contributed by atoms with Crippen LogP contribution in [-0.4, -0.2) is 16.4 Å². The van der Waals surface area contributed by atoms with Gasteiger partial charge in [0.05, 0.1) is 10.8 Å². The molecule has 1 atom stereocenters. The molecule has 2 aromatic carbocycles. The van der Waals surface area contributed by atoms with Gasteiger partial charge in [-0.25, -0.2) is 22.0 Å². The van der Waals surface area contributed by atoms with Gasteiger partial charge >= 0.3 is 0 Å². The summed E-state index contributed by atoms with van der Waals surface area (Å²) < 4.78 is 95.9. The van der Waals surface area contributed by atoms with Crippen LogP contribution in [0.15, 0.2) is 6.07 Å². The molecular weight excluding hydrogens is 546 g/mol. The summed E-state index contributed by atoms with van der Waals surface area (Å²) in [5.74, 6) is -10.9. The van der Waals surface area contributed by atoms with Gasteiger partial charge in [0.2, 0.25) is 5.82 Å². The fourth-order valence-corrected chi connectivity index (χ4v) is 15.1. The zero-order valence-electron chi connectivity index (χ0n) is 23.9. The van der Waals surface area contributed by atoms with Crippen LogP contribution in [0.4, 0.5) is 26.3 Å². The molecule has 0 radical (unpaired) electrons. The Morgan fingerprint density at radius 1 is 0.667 bits per heavy atom. The van der Waals surface area contributed by atoms with Crippen molar-refractivity contribution in [3.63, 3.8) is 0 Å². The smallest absolute Gasteiger partial charge is 0.254 e. The van der Waals surface area contributed by atoms with Gasteiger partial charge in [-0.05, 0) is 30.5 Å². The SMILES string of the molecule is CCCCCCCCC[Si](CC[Si](C)(C)C)(Oc1c(F)c(F)c2c(F)cc(F)c(F)c2c1F)C1CCCCC1. The summed E-state index contributed by atoms with van der Waals surface area (Å²) in [4.78, 5) is 0. The van der Waals surface area contributed by atoms with E-state index < -0.39 is 67.8 Å². The highest BCUT2D eigenvalue weighted by atomic mass is 28.4. The maximum absolute atomic E-state index is 15.8. The lowest BCUT2D eigenvalue weighted by molar-refractivity contribution is 0.383. The molecule has 0 spiro atoms. The van der Waals surface area contributed by atoms with E-state index in [2.05, 4.69) is 26.6 Å². The van der Waals surface area contributed by atoms with E-state index in [1.165, 1.54) is 12.8 Å². The Hall–Kier alpha value is -1.49. The third-order valence-corrected chi connectivity index (χ3v) is 15.6. The van der Waals surface area contributed by atoms with Crippen molar-refractivity contribution in [2.75, 3.05) is 0 Å². The Morgan fingerprint density at radius 2 is 1.28 bits per heavy atom. The van der Waals surface area contributed by atoms with Crippen LogP contribution < -0.4 is 4.43 Å². The molecule has 9 heteroatoms. The molecule has 1 aliphatic carbocycles. The third-order valence-electron chi connectivity index (χ3n) is 8.36. The average molecular weight is 591 g/mol. The maximum atomic E-state index is 15.8. The van der Waals surface area contributed by atoms with Crippen molar-refractivity contribution in [2.24, 2.45) is 0 Å². The first-order valence-electron chi connectivity index (χ1n) is 14.7. The summed E-state index contributed by atoms with van der Waals surface area (Å²) >= 11 is 0. The minimum Gasteiger partial charge on any atom is -0.539 e. The molecule has 1 unspecified atom stereocenters. The standard InChI is InChI=1S/C30H44F6OSi2/c1-5-6-7-8-9-10-14-17-39(19-18-38(2,3)4,21-15-12-11-13-16-21)37-30-28(35)25-24(27(34)29(30)36)22(31)20-23(32)26(25)33/h20-21H,5-19H2,1-4H3. The number of hydrogen-bond donors (Lipinski definition) is 0. The highest BCUT2D eigenvalue weighted by Crippen LogP contribution is 2.47. The van der Waals surface area contributed by atoms with E-state index in [0.717, 1.165) is 70.3 Å². The molecule has 220 valence electrons. The molecule has 1 aliphatic rings. The fourth-order valence-electron chi connectivity index (χ4n) is 6.04. The molecule has 1 fully saturated rings. The van der Waals surface area contributed by atoms with Gasteiger partial charge in [-0.1, -0.05) is 96.8 Å². The van der Waals surface area contributed by atoms with Crippen LogP contribution in [0.2, 0.25) is 43.3 Å². The summed E-state index contributed by atoms with van der Waals surface area (Å²) in [6.07, 6.45) is 12.4. The van der Waals surface area contributed by atoms with E-state index >= 15 is 13.2 Å². The van der Waals surface area contributed by atoms with E-state index in [9.17, 15) is 13.2 Å². The highest BCUT2D eigenvalue weighted by Gasteiger charge is 2.47. The van der Waals surface area contributed by atoms with Crippen molar-refractivity contribution < 1.29 is 30.8 Å². The molecule has 3 rings (SSSR count). The second-order valence-corrected chi connectivity index (χ2v) is 22.4. The second-order valence-electron chi connectivity index (χ2n) is 12.6. The van der Waals surface area contributed by atoms with Crippen molar-refractivity contribution in [3.05, 3.63) is 41.0 Å². The summed E-state index contributed by atoms with van der Waals surface area (Å²) in [6.45, 7) is 8.87. The zero-order chi connectivity index (χ0) is 28.8. The Morgan fingerprint density at radius 3 is 1.90 bits per heavy atom. The molecule has 2 aromatic rings. The zero-order valence-corrected chi connectivity index (χ0v) is 25.9. The topological polar surface area (TPSA) is 9.23 Å². The van der Waals surface area contributed by atoms with E-state index in [4.69, 9.17) is 4.43 Å². The minimum absolute atomic E-state index is 0.107. The Balaban J connectivity index is 2.06. The number of halogens is 6. The van der Waals surface area contributed by atoms with Gasteiger partial charge in [0.25, 0.3) is 8.32 Å². The largest absolute Gasteiger partial charge is 0.539 e. The van der Waals surface area contributed by atoms with Gasteiger partial charge in [0.1, 0.15) is 5.82 Å². The van der Waals surface area contributed by atoms with Crippen LogP contribution in [0.25, 0.3) is 10.8 Å². The highest BCUT2D eigenvalue weighted by molar-refractivity contribution is 6.81. The number of fused-ring (bicyclic) bond motifs is 1. The third kappa shape index (κ3) is 7.83. The molecular formula is C30H44F6OSi2. The van der Waals surface area contributed by atoms with Crippen LogP contribution in [0, 0.1) is 34.9 Å². The molecule has 0 bridgehead atoms. The predicted molar refractivity (Wildman–Crippen MR) is 153 cm³/mol. The number of rotatable bonds is 14. The normalized spacial score (nSPS) is 16.6. The molecule has 0 aliphatic heterocycles. The lowest BCUT2D eigenvalue weighted by atomic mass is 10.0. The summed E-state index contributed by atoms with van der Waals surface area (Å²) in [5.41, 5.74) is 0.134. The lowest BCUT2D eigenvalue weighted by Crippen LogP contribution is -2.49. The summed E-state index contributed by atoms with van der Waals surface area (Å²) in [5, 5.41) is -2.45. The van der Waals surface area contributed by atoms with E-state index in [-0.39, 0.29) is 11.6 Å². The van der Waals surface area contributed by atoms with E-state index in [1.807, 2.05) is 0 Å². The minimum atomic E-state index is -2.96. The first kappa shape index (κ1) is 32.0. The van der Waals surface area contributed by atoms with Gasteiger partial charge in [-0.15, -0.1) is 0 Å². The van der Waals surface area contributed by atoms with Crippen LogP contribution in [-0.2, 0) is 0 Å². The van der Waals surface area contributed by atoms with Gasteiger partial charge < -0.3 is 4.43 Å². The van der Waals surface area contributed by atoms with Gasteiger partial charge in [-0.3, -0.25) is 0 Å². The quantitative estimate of drug-likeness (QED) is 0.0920. The van der Waals surface area contributed by atoms with Crippen molar-refractivity contribution in [3.8, 4) is 5.75 Å². The predicted octanol–water partition coefficient (Wildman–Crippen LogP) is 11.4. The summed E-state index contributed by atoms with van der Waals surface area (Å²) in [6, 6.07) is 2.36. The van der Waals surface area contributed by atoms with E-state index in [0.29, 0.717) is 12.1 Å². The Labute approximate surface area is 231 Å². The molecule has 1 nitrogen and oxygen atoms in total. The number of unbranched alkanes of at least 4 members (excludes halogenated alkanes) is 6. The molecule has 0 saturated heterocycles. The van der Waals surface area contributed by atoms with Crippen LogP contribution in [0.5, 0.6) is 5.75 Å².